The van der Waals surface area contributed by atoms with E-state index in [1.165, 1.54) is 0 Å². The summed E-state index contributed by atoms with van der Waals surface area (Å²) in [6.07, 6.45) is 1.56. The fraction of sp³-hybridized carbons (Fsp3) is 0.400. The van der Waals surface area contributed by atoms with Gasteiger partial charge in [0.1, 0.15) is 11.5 Å². The van der Waals surface area contributed by atoms with Crippen LogP contribution < -0.4 is 0 Å². The largest absolute Gasteiger partial charge is 0.464 e. The van der Waals surface area contributed by atoms with Gasteiger partial charge in [0.2, 0.25) is 5.91 Å². The van der Waals surface area contributed by atoms with Gasteiger partial charge >= 0.3 is 0 Å². The normalized spacial score (nSPS) is 17.0. The molecular formula is C20H22Cl2N2O3. The van der Waals surface area contributed by atoms with Crippen LogP contribution in [0.1, 0.15) is 34.7 Å². The zero-order valence-corrected chi connectivity index (χ0v) is 16.9. The van der Waals surface area contributed by atoms with Crippen LogP contribution in [-0.4, -0.2) is 41.8 Å². The highest BCUT2D eigenvalue weighted by Crippen LogP contribution is 2.25. The van der Waals surface area contributed by atoms with Gasteiger partial charge in [-0.05, 0) is 50.1 Å². The second kappa shape index (κ2) is 8.36. The number of hydrogen-bond acceptors (Lipinski definition) is 3. The standard InChI is InChI=1S/C20H22Cl2N2O3/c1-13-5-7-16(27-13)12-23(2)19(25)15-4-3-9-24(11-15)20(26)14-6-8-17(21)18(22)10-14/h5-8,10,15H,3-4,9,11-12H2,1-2H3. The van der Waals surface area contributed by atoms with E-state index in [9.17, 15) is 9.59 Å². The highest BCUT2D eigenvalue weighted by molar-refractivity contribution is 6.42. The van der Waals surface area contributed by atoms with Crippen molar-refractivity contribution in [3.63, 3.8) is 0 Å². The molecule has 27 heavy (non-hydrogen) atoms. The van der Waals surface area contributed by atoms with Gasteiger partial charge < -0.3 is 14.2 Å². The molecule has 0 spiro atoms. The number of nitrogens with zero attached hydrogens (tertiary/aromatic N) is 2. The van der Waals surface area contributed by atoms with Crippen molar-refractivity contribution in [1.82, 2.24) is 9.80 Å². The predicted molar refractivity (Wildman–Crippen MR) is 105 cm³/mol. The van der Waals surface area contributed by atoms with Crippen molar-refractivity contribution in [3.05, 3.63) is 57.5 Å². The summed E-state index contributed by atoms with van der Waals surface area (Å²) < 4.78 is 5.55. The maximum absolute atomic E-state index is 12.8. The number of likely N-dealkylation sites (tertiary alicyclic amines) is 1. The molecule has 7 heteroatoms. The monoisotopic (exact) mass is 408 g/mol. The van der Waals surface area contributed by atoms with Crippen molar-refractivity contribution in [2.75, 3.05) is 20.1 Å². The molecule has 0 N–H and O–H groups in total. The molecule has 1 aliphatic rings. The average molecular weight is 409 g/mol. The van der Waals surface area contributed by atoms with Gasteiger partial charge in [-0.25, -0.2) is 0 Å². The Labute approximate surface area is 168 Å². The molecule has 0 bridgehead atoms. The molecule has 1 unspecified atom stereocenters. The first-order valence-corrected chi connectivity index (χ1v) is 9.65. The molecule has 0 radical (unpaired) electrons. The molecule has 1 aliphatic heterocycles. The molecule has 1 saturated heterocycles. The van der Waals surface area contributed by atoms with Crippen LogP contribution in [0.4, 0.5) is 0 Å². The number of rotatable bonds is 4. The van der Waals surface area contributed by atoms with Crippen LogP contribution in [0, 0.1) is 12.8 Å². The molecule has 1 fully saturated rings. The van der Waals surface area contributed by atoms with E-state index < -0.39 is 0 Å². The molecule has 5 nitrogen and oxygen atoms in total. The van der Waals surface area contributed by atoms with Gasteiger partial charge in [-0.2, -0.15) is 0 Å². The summed E-state index contributed by atoms with van der Waals surface area (Å²) in [5.41, 5.74) is 0.483. The van der Waals surface area contributed by atoms with Crippen LogP contribution in [0.3, 0.4) is 0 Å². The van der Waals surface area contributed by atoms with Crippen molar-refractivity contribution in [1.29, 1.82) is 0 Å². The lowest BCUT2D eigenvalue weighted by atomic mass is 9.96. The minimum Gasteiger partial charge on any atom is -0.464 e. The number of aryl methyl sites for hydroxylation is 1. The van der Waals surface area contributed by atoms with Crippen LogP contribution in [0.25, 0.3) is 0 Å². The van der Waals surface area contributed by atoms with E-state index in [-0.39, 0.29) is 17.7 Å². The Kier molecular flexibility index (Phi) is 6.12. The maximum atomic E-state index is 12.8. The minimum atomic E-state index is -0.216. The molecule has 1 atom stereocenters. The van der Waals surface area contributed by atoms with Gasteiger partial charge in [0.15, 0.2) is 0 Å². The summed E-state index contributed by atoms with van der Waals surface area (Å²) in [4.78, 5) is 29.0. The lowest BCUT2D eigenvalue weighted by Gasteiger charge is -2.34. The molecular weight excluding hydrogens is 387 g/mol. The first-order chi connectivity index (χ1) is 12.8. The average Bonchev–Trinajstić information content (AvgIpc) is 3.07. The molecule has 144 valence electrons. The molecule has 1 aromatic carbocycles. The second-order valence-electron chi connectivity index (χ2n) is 6.93. The van der Waals surface area contributed by atoms with Gasteiger partial charge in [0.25, 0.3) is 5.91 Å². The van der Waals surface area contributed by atoms with E-state index in [2.05, 4.69) is 0 Å². The molecule has 0 saturated carbocycles. The summed E-state index contributed by atoms with van der Waals surface area (Å²) in [5, 5.41) is 0.760. The summed E-state index contributed by atoms with van der Waals surface area (Å²) >= 11 is 11.9. The van der Waals surface area contributed by atoms with E-state index in [0.29, 0.717) is 35.2 Å². The topological polar surface area (TPSA) is 53.8 Å². The van der Waals surface area contributed by atoms with Crippen LogP contribution in [0.2, 0.25) is 10.0 Å². The zero-order chi connectivity index (χ0) is 19.6. The number of carbonyl (C=O) groups is 2. The van der Waals surface area contributed by atoms with E-state index in [1.54, 1.807) is 35.0 Å². The van der Waals surface area contributed by atoms with Crippen LogP contribution in [0.15, 0.2) is 34.7 Å². The van der Waals surface area contributed by atoms with Crippen LogP contribution in [-0.2, 0) is 11.3 Å². The Morgan fingerprint density at radius 3 is 2.67 bits per heavy atom. The summed E-state index contributed by atoms with van der Waals surface area (Å²) in [7, 11) is 1.76. The number of amides is 2. The third-order valence-electron chi connectivity index (χ3n) is 4.79. The van der Waals surface area contributed by atoms with Crippen molar-refractivity contribution in [2.45, 2.75) is 26.3 Å². The highest BCUT2D eigenvalue weighted by Gasteiger charge is 2.31. The van der Waals surface area contributed by atoms with Gasteiger partial charge in [-0.15, -0.1) is 0 Å². The molecule has 3 rings (SSSR count). The number of carbonyl (C=O) groups excluding carboxylic acids is 2. The van der Waals surface area contributed by atoms with Crippen molar-refractivity contribution < 1.29 is 14.0 Å². The third-order valence-corrected chi connectivity index (χ3v) is 5.53. The van der Waals surface area contributed by atoms with E-state index >= 15 is 0 Å². The van der Waals surface area contributed by atoms with Crippen molar-refractivity contribution in [3.8, 4) is 0 Å². The Hall–Kier alpha value is -1.98. The molecule has 1 aromatic heterocycles. The predicted octanol–water partition coefficient (Wildman–Crippen LogP) is 4.41. The zero-order valence-electron chi connectivity index (χ0n) is 15.4. The number of piperidine rings is 1. The van der Waals surface area contributed by atoms with Gasteiger partial charge in [-0.3, -0.25) is 9.59 Å². The van der Waals surface area contributed by atoms with E-state index in [4.69, 9.17) is 27.6 Å². The van der Waals surface area contributed by atoms with Crippen LogP contribution >= 0.6 is 23.2 Å². The third kappa shape index (κ3) is 4.66. The molecule has 2 heterocycles. The van der Waals surface area contributed by atoms with Crippen molar-refractivity contribution >= 4 is 35.0 Å². The highest BCUT2D eigenvalue weighted by atomic mass is 35.5. The number of halogens is 2. The Balaban J connectivity index is 1.64. The Morgan fingerprint density at radius 2 is 2.00 bits per heavy atom. The fourth-order valence-corrected chi connectivity index (χ4v) is 3.67. The molecule has 2 aromatic rings. The lowest BCUT2D eigenvalue weighted by molar-refractivity contribution is -0.136. The number of furan rings is 1. The SMILES string of the molecule is Cc1ccc(CN(C)C(=O)C2CCCN(C(=O)c3ccc(Cl)c(Cl)c3)C2)o1. The van der Waals surface area contributed by atoms with E-state index in [1.807, 2.05) is 19.1 Å². The first-order valence-electron chi connectivity index (χ1n) is 8.90. The summed E-state index contributed by atoms with van der Waals surface area (Å²) in [5.74, 6) is 1.25. The summed E-state index contributed by atoms with van der Waals surface area (Å²) in [6.45, 7) is 3.33. The minimum absolute atomic E-state index is 0.0238. The van der Waals surface area contributed by atoms with Crippen molar-refractivity contribution in [2.24, 2.45) is 5.92 Å². The van der Waals surface area contributed by atoms with Gasteiger partial charge in [-0.1, -0.05) is 23.2 Å². The maximum Gasteiger partial charge on any atom is 0.253 e. The molecule has 2 amide bonds. The molecule has 0 aliphatic carbocycles. The quantitative estimate of drug-likeness (QED) is 0.752. The first kappa shape index (κ1) is 19.8. The lowest BCUT2D eigenvalue weighted by Crippen LogP contribution is -2.45. The van der Waals surface area contributed by atoms with Gasteiger partial charge in [0.05, 0.1) is 22.5 Å². The Morgan fingerprint density at radius 1 is 1.22 bits per heavy atom. The Bertz CT molecular complexity index is 850. The summed E-state index contributed by atoms with van der Waals surface area (Å²) in [6, 6.07) is 8.60. The van der Waals surface area contributed by atoms with Crippen LogP contribution in [0.5, 0.6) is 0 Å². The van der Waals surface area contributed by atoms with E-state index in [0.717, 1.165) is 24.4 Å². The second-order valence-corrected chi connectivity index (χ2v) is 7.74. The fourth-order valence-electron chi connectivity index (χ4n) is 3.37. The number of benzene rings is 1. The smallest absolute Gasteiger partial charge is 0.253 e. The van der Waals surface area contributed by atoms with Gasteiger partial charge in [0, 0.05) is 25.7 Å². The number of hydrogen-bond donors (Lipinski definition) is 0.